The van der Waals surface area contributed by atoms with Crippen LogP contribution in [0.4, 0.5) is 0 Å². The molecule has 0 atom stereocenters. The van der Waals surface area contributed by atoms with Gasteiger partial charge in [0.2, 0.25) is 0 Å². The molecule has 0 aliphatic rings. The number of ether oxygens (including phenoxy) is 1. The predicted molar refractivity (Wildman–Crippen MR) is 78.5 cm³/mol. The van der Waals surface area contributed by atoms with Gasteiger partial charge in [-0.05, 0) is 30.2 Å². The van der Waals surface area contributed by atoms with Crippen LogP contribution < -0.4 is 10.1 Å². The molecule has 2 aromatic rings. The molecule has 2 rings (SSSR count). The summed E-state index contributed by atoms with van der Waals surface area (Å²) in [5.74, 6) is 1.56. The van der Waals surface area contributed by atoms with Gasteiger partial charge in [-0.25, -0.2) is 9.67 Å². The fourth-order valence-corrected chi connectivity index (χ4v) is 1.86. The smallest absolute Gasteiger partial charge is 0.137 e. The van der Waals surface area contributed by atoms with Crippen molar-refractivity contribution >= 4 is 0 Å². The molecule has 0 spiro atoms. The lowest BCUT2D eigenvalue weighted by atomic mass is 10.2. The Morgan fingerprint density at radius 2 is 2.25 bits per heavy atom. The third kappa shape index (κ3) is 5.01. The molecule has 1 aromatic carbocycles. The molecule has 0 fully saturated rings. The zero-order chi connectivity index (χ0) is 14.2. The molecule has 0 aliphatic heterocycles. The lowest BCUT2D eigenvalue weighted by Crippen LogP contribution is -2.18. The van der Waals surface area contributed by atoms with E-state index in [1.165, 1.54) is 11.9 Å². The number of nitrogens with zero attached hydrogens (tertiary/aromatic N) is 3. The maximum absolute atomic E-state index is 5.73. The van der Waals surface area contributed by atoms with Crippen LogP contribution in [0.2, 0.25) is 0 Å². The maximum atomic E-state index is 5.73. The molecule has 0 amide bonds. The third-order valence-corrected chi connectivity index (χ3v) is 2.84. The molecule has 0 aliphatic carbocycles. The first-order valence-corrected chi connectivity index (χ1v) is 6.99. The predicted octanol–water partition coefficient (Wildman–Crippen LogP) is 2.10. The molecule has 0 unspecified atom stereocenters. The second-order valence-electron chi connectivity index (χ2n) is 5.18. The number of hydrogen-bond acceptors (Lipinski definition) is 4. The minimum Gasteiger partial charge on any atom is -0.492 e. The van der Waals surface area contributed by atoms with Crippen molar-refractivity contribution in [3.8, 4) is 5.75 Å². The average molecular weight is 274 g/mol. The zero-order valence-electron chi connectivity index (χ0n) is 12.1. The summed E-state index contributed by atoms with van der Waals surface area (Å²) in [6, 6.07) is 8.19. The van der Waals surface area contributed by atoms with Crippen LogP contribution in [0.3, 0.4) is 0 Å². The van der Waals surface area contributed by atoms with E-state index in [2.05, 4.69) is 41.4 Å². The van der Waals surface area contributed by atoms with Crippen molar-refractivity contribution in [2.24, 2.45) is 5.92 Å². The SMILES string of the molecule is CC(C)CNCc1cccc(OCCn2cncn2)c1. The van der Waals surface area contributed by atoms with E-state index in [0.29, 0.717) is 19.1 Å². The van der Waals surface area contributed by atoms with Crippen LogP contribution in [0.15, 0.2) is 36.9 Å². The maximum Gasteiger partial charge on any atom is 0.137 e. The Morgan fingerprint density at radius 1 is 1.35 bits per heavy atom. The second kappa shape index (κ2) is 7.65. The van der Waals surface area contributed by atoms with Crippen molar-refractivity contribution in [1.82, 2.24) is 20.1 Å². The number of rotatable bonds is 8. The van der Waals surface area contributed by atoms with Gasteiger partial charge in [0.25, 0.3) is 0 Å². The first-order chi connectivity index (χ1) is 9.74. The molecule has 20 heavy (non-hydrogen) atoms. The molecular weight excluding hydrogens is 252 g/mol. The molecule has 0 bridgehead atoms. The van der Waals surface area contributed by atoms with E-state index in [0.717, 1.165) is 18.8 Å². The standard InChI is InChI=1S/C15H22N4O/c1-13(2)9-16-10-14-4-3-5-15(8-14)20-7-6-19-12-17-11-18-19/h3-5,8,11-13,16H,6-7,9-10H2,1-2H3. The van der Waals surface area contributed by atoms with Gasteiger partial charge >= 0.3 is 0 Å². The molecular formula is C15H22N4O. The topological polar surface area (TPSA) is 52.0 Å². The summed E-state index contributed by atoms with van der Waals surface area (Å²) in [6.07, 6.45) is 3.22. The molecule has 0 saturated heterocycles. The highest BCUT2D eigenvalue weighted by molar-refractivity contribution is 5.28. The van der Waals surface area contributed by atoms with E-state index in [-0.39, 0.29) is 0 Å². The van der Waals surface area contributed by atoms with Gasteiger partial charge in [-0.1, -0.05) is 26.0 Å². The Balaban J connectivity index is 1.77. The van der Waals surface area contributed by atoms with Crippen molar-refractivity contribution in [2.75, 3.05) is 13.2 Å². The fraction of sp³-hybridized carbons (Fsp3) is 0.467. The first-order valence-electron chi connectivity index (χ1n) is 6.99. The largest absolute Gasteiger partial charge is 0.492 e. The van der Waals surface area contributed by atoms with E-state index in [4.69, 9.17) is 4.74 Å². The lowest BCUT2D eigenvalue weighted by Gasteiger charge is -2.10. The van der Waals surface area contributed by atoms with E-state index in [1.807, 2.05) is 12.1 Å². The summed E-state index contributed by atoms with van der Waals surface area (Å²) in [5.41, 5.74) is 1.24. The van der Waals surface area contributed by atoms with E-state index in [9.17, 15) is 0 Å². The fourth-order valence-electron chi connectivity index (χ4n) is 1.86. The second-order valence-corrected chi connectivity index (χ2v) is 5.18. The molecule has 5 heteroatoms. The van der Waals surface area contributed by atoms with Crippen LogP contribution in [0, 0.1) is 5.92 Å². The highest BCUT2D eigenvalue weighted by Crippen LogP contribution is 2.13. The Kier molecular flexibility index (Phi) is 5.55. The van der Waals surface area contributed by atoms with Crippen LogP contribution in [0.25, 0.3) is 0 Å². The summed E-state index contributed by atoms with van der Waals surface area (Å²) < 4.78 is 7.49. The molecule has 1 N–H and O–H groups in total. The van der Waals surface area contributed by atoms with Crippen molar-refractivity contribution in [2.45, 2.75) is 26.9 Å². The van der Waals surface area contributed by atoms with E-state index >= 15 is 0 Å². The lowest BCUT2D eigenvalue weighted by molar-refractivity contribution is 0.291. The Hall–Kier alpha value is -1.88. The van der Waals surface area contributed by atoms with E-state index in [1.54, 1.807) is 11.0 Å². The van der Waals surface area contributed by atoms with Crippen molar-refractivity contribution in [3.63, 3.8) is 0 Å². The summed E-state index contributed by atoms with van der Waals surface area (Å²) in [6.45, 7) is 7.60. The zero-order valence-corrected chi connectivity index (χ0v) is 12.1. The molecule has 5 nitrogen and oxygen atoms in total. The normalized spacial score (nSPS) is 10.9. The van der Waals surface area contributed by atoms with Crippen LogP contribution in [-0.2, 0) is 13.1 Å². The molecule has 0 saturated carbocycles. The van der Waals surface area contributed by atoms with Gasteiger partial charge in [-0.2, -0.15) is 5.10 Å². The highest BCUT2D eigenvalue weighted by Gasteiger charge is 1.99. The van der Waals surface area contributed by atoms with Gasteiger partial charge in [0.1, 0.15) is 25.0 Å². The van der Waals surface area contributed by atoms with Crippen LogP contribution in [-0.4, -0.2) is 27.9 Å². The Bertz CT molecular complexity index is 496. The van der Waals surface area contributed by atoms with Crippen molar-refractivity contribution < 1.29 is 4.74 Å². The van der Waals surface area contributed by atoms with Crippen LogP contribution in [0.1, 0.15) is 19.4 Å². The van der Waals surface area contributed by atoms with Gasteiger partial charge in [0.05, 0.1) is 6.54 Å². The van der Waals surface area contributed by atoms with Gasteiger partial charge in [-0.3, -0.25) is 0 Å². The van der Waals surface area contributed by atoms with Crippen LogP contribution in [0.5, 0.6) is 5.75 Å². The van der Waals surface area contributed by atoms with Crippen molar-refractivity contribution in [1.29, 1.82) is 0 Å². The average Bonchev–Trinajstić information content (AvgIpc) is 2.92. The summed E-state index contributed by atoms with van der Waals surface area (Å²) in [4.78, 5) is 3.90. The number of hydrogen-bond donors (Lipinski definition) is 1. The van der Waals surface area contributed by atoms with E-state index < -0.39 is 0 Å². The van der Waals surface area contributed by atoms with Crippen molar-refractivity contribution in [3.05, 3.63) is 42.5 Å². The van der Waals surface area contributed by atoms with Crippen LogP contribution >= 0.6 is 0 Å². The Labute approximate surface area is 120 Å². The minimum absolute atomic E-state index is 0.590. The number of nitrogens with one attached hydrogen (secondary N) is 1. The van der Waals surface area contributed by atoms with Gasteiger partial charge in [-0.15, -0.1) is 0 Å². The van der Waals surface area contributed by atoms with Gasteiger partial charge in [0, 0.05) is 6.54 Å². The monoisotopic (exact) mass is 274 g/mol. The molecule has 0 radical (unpaired) electrons. The molecule has 1 heterocycles. The van der Waals surface area contributed by atoms with Gasteiger partial charge < -0.3 is 10.1 Å². The summed E-state index contributed by atoms with van der Waals surface area (Å²) in [5, 5.41) is 7.47. The molecule has 108 valence electrons. The third-order valence-electron chi connectivity index (χ3n) is 2.84. The van der Waals surface area contributed by atoms with Gasteiger partial charge in [0.15, 0.2) is 0 Å². The number of benzene rings is 1. The minimum atomic E-state index is 0.590. The highest BCUT2D eigenvalue weighted by atomic mass is 16.5. The summed E-state index contributed by atoms with van der Waals surface area (Å²) >= 11 is 0. The Morgan fingerprint density at radius 3 is 3.00 bits per heavy atom. The first kappa shape index (κ1) is 14.5. The molecule has 1 aromatic heterocycles. The quantitative estimate of drug-likeness (QED) is 0.801. The summed E-state index contributed by atoms with van der Waals surface area (Å²) in [7, 11) is 0. The number of aromatic nitrogens is 3.